The number of rotatable bonds is 5. The smallest absolute Gasteiger partial charge is 0.227 e. The van der Waals surface area contributed by atoms with Gasteiger partial charge in [-0.25, -0.2) is 0 Å². The lowest BCUT2D eigenvalue weighted by molar-refractivity contribution is -0.117. The van der Waals surface area contributed by atoms with E-state index in [1.54, 1.807) is 0 Å². The number of nitrogens with zero attached hydrogens (tertiary/aromatic N) is 2. The summed E-state index contributed by atoms with van der Waals surface area (Å²) in [6, 6.07) is 8.37. The first-order valence-electron chi connectivity index (χ1n) is 6.75. The van der Waals surface area contributed by atoms with E-state index in [0.29, 0.717) is 12.3 Å². The number of carbonyl (C=O) groups is 1. The van der Waals surface area contributed by atoms with E-state index in [1.807, 2.05) is 4.90 Å². The molecule has 1 unspecified atom stereocenters. The Labute approximate surface area is 121 Å². The molecule has 1 aliphatic heterocycles. The van der Waals surface area contributed by atoms with Crippen LogP contribution in [0.2, 0.25) is 0 Å². The molecule has 2 rings (SSSR count). The molecule has 1 aromatic carbocycles. The van der Waals surface area contributed by atoms with Gasteiger partial charge in [0.05, 0.1) is 0 Å². The first kappa shape index (κ1) is 14.4. The molecule has 1 atom stereocenters. The first-order chi connectivity index (χ1) is 9.10. The molecule has 0 N–H and O–H groups in total. The predicted molar refractivity (Wildman–Crippen MR) is 83.0 cm³/mol. The van der Waals surface area contributed by atoms with Crippen LogP contribution >= 0.6 is 12.6 Å². The fraction of sp³-hybridized carbons (Fsp3) is 0.533. The van der Waals surface area contributed by atoms with Crippen LogP contribution in [0.3, 0.4) is 0 Å². The molecule has 104 valence electrons. The van der Waals surface area contributed by atoms with Crippen LogP contribution in [0.1, 0.15) is 12.0 Å². The van der Waals surface area contributed by atoms with Crippen molar-refractivity contribution < 1.29 is 4.79 Å². The third kappa shape index (κ3) is 3.74. The minimum atomic E-state index is 0.222. The van der Waals surface area contributed by atoms with Crippen LogP contribution in [-0.4, -0.2) is 43.7 Å². The van der Waals surface area contributed by atoms with Crippen molar-refractivity contribution in [2.24, 2.45) is 5.92 Å². The molecule has 0 radical (unpaired) electrons. The molecular weight excluding hydrogens is 256 g/mol. The molecule has 3 nitrogen and oxygen atoms in total. The average molecular weight is 278 g/mol. The van der Waals surface area contributed by atoms with Crippen molar-refractivity contribution in [3.05, 3.63) is 29.8 Å². The Morgan fingerprint density at radius 1 is 1.32 bits per heavy atom. The average Bonchev–Trinajstić information content (AvgIpc) is 2.78. The summed E-state index contributed by atoms with van der Waals surface area (Å²) >= 11 is 4.29. The van der Waals surface area contributed by atoms with Gasteiger partial charge >= 0.3 is 0 Å². The lowest BCUT2D eigenvalue weighted by Crippen LogP contribution is -2.24. The van der Waals surface area contributed by atoms with Gasteiger partial charge in [0.1, 0.15) is 0 Å². The maximum absolute atomic E-state index is 11.9. The van der Waals surface area contributed by atoms with E-state index < -0.39 is 0 Å². The van der Waals surface area contributed by atoms with Gasteiger partial charge in [-0.3, -0.25) is 4.79 Å². The molecule has 0 aromatic heterocycles. The summed E-state index contributed by atoms with van der Waals surface area (Å²) in [6.45, 7) is 1.85. The Balaban J connectivity index is 2.00. The normalized spacial score (nSPS) is 19.5. The monoisotopic (exact) mass is 278 g/mol. The first-order valence-corrected chi connectivity index (χ1v) is 7.38. The van der Waals surface area contributed by atoms with Crippen LogP contribution in [0.5, 0.6) is 0 Å². The van der Waals surface area contributed by atoms with Gasteiger partial charge in [-0.2, -0.15) is 12.6 Å². The van der Waals surface area contributed by atoms with Crippen molar-refractivity contribution in [3.63, 3.8) is 0 Å². The molecule has 1 heterocycles. The standard InChI is InChI=1S/C15H22N2OS/c1-16(2)8-7-12-3-5-14(6-4-12)17-10-13(11-19)9-15(17)18/h3-6,13,19H,7-11H2,1-2H3. The third-order valence-corrected chi connectivity index (χ3v) is 4.08. The second-order valence-corrected chi connectivity index (χ2v) is 5.84. The maximum Gasteiger partial charge on any atom is 0.227 e. The van der Waals surface area contributed by atoms with Crippen molar-refractivity contribution in [1.29, 1.82) is 0 Å². The SMILES string of the molecule is CN(C)CCc1ccc(N2CC(CS)CC2=O)cc1. The van der Waals surface area contributed by atoms with Crippen molar-refractivity contribution in [2.75, 3.05) is 37.8 Å². The minimum Gasteiger partial charge on any atom is -0.312 e. The summed E-state index contributed by atoms with van der Waals surface area (Å²) in [4.78, 5) is 16.0. The molecule has 1 fully saturated rings. The Morgan fingerprint density at radius 2 is 2.00 bits per heavy atom. The number of likely N-dealkylation sites (N-methyl/N-ethyl adjacent to an activating group) is 1. The molecule has 19 heavy (non-hydrogen) atoms. The number of carbonyl (C=O) groups excluding carboxylic acids is 1. The highest BCUT2D eigenvalue weighted by Crippen LogP contribution is 2.25. The maximum atomic E-state index is 11.9. The Morgan fingerprint density at radius 3 is 2.53 bits per heavy atom. The highest BCUT2D eigenvalue weighted by Gasteiger charge is 2.29. The number of anilines is 1. The highest BCUT2D eigenvalue weighted by atomic mass is 32.1. The largest absolute Gasteiger partial charge is 0.312 e. The molecule has 1 amide bonds. The number of hydrogen-bond acceptors (Lipinski definition) is 3. The number of benzene rings is 1. The molecule has 0 spiro atoms. The van der Waals surface area contributed by atoms with Crippen LogP contribution in [0.15, 0.2) is 24.3 Å². The van der Waals surface area contributed by atoms with E-state index in [1.165, 1.54) is 5.56 Å². The van der Waals surface area contributed by atoms with Gasteiger partial charge < -0.3 is 9.80 Å². The minimum absolute atomic E-state index is 0.222. The zero-order valence-corrected chi connectivity index (χ0v) is 12.6. The van der Waals surface area contributed by atoms with Crippen molar-refractivity contribution >= 4 is 24.2 Å². The van der Waals surface area contributed by atoms with E-state index >= 15 is 0 Å². The summed E-state index contributed by atoms with van der Waals surface area (Å²) in [5, 5.41) is 0. The predicted octanol–water partition coefficient (Wildman–Crippen LogP) is 2.07. The van der Waals surface area contributed by atoms with Crippen molar-refractivity contribution in [1.82, 2.24) is 4.90 Å². The van der Waals surface area contributed by atoms with Crippen LogP contribution in [0, 0.1) is 5.92 Å². The lowest BCUT2D eigenvalue weighted by Gasteiger charge is -2.17. The van der Waals surface area contributed by atoms with Gasteiger partial charge in [0.2, 0.25) is 5.91 Å². The Hall–Kier alpha value is -1.00. The van der Waals surface area contributed by atoms with Gasteiger partial charge in [-0.05, 0) is 49.9 Å². The molecule has 1 aromatic rings. The van der Waals surface area contributed by atoms with E-state index in [4.69, 9.17) is 0 Å². The molecule has 0 bridgehead atoms. The fourth-order valence-corrected chi connectivity index (χ4v) is 2.59. The van der Waals surface area contributed by atoms with Crippen molar-refractivity contribution in [3.8, 4) is 0 Å². The molecular formula is C15H22N2OS. The van der Waals surface area contributed by atoms with Crippen LogP contribution in [0.25, 0.3) is 0 Å². The second-order valence-electron chi connectivity index (χ2n) is 5.48. The molecule has 1 saturated heterocycles. The van der Waals surface area contributed by atoms with E-state index in [0.717, 1.165) is 31.0 Å². The highest BCUT2D eigenvalue weighted by molar-refractivity contribution is 7.80. The lowest BCUT2D eigenvalue weighted by atomic mass is 10.1. The zero-order valence-electron chi connectivity index (χ0n) is 11.7. The van der Waals surface area contributed by atoms with Crippen LogP contribution in [-0.2, 0) is 11.2 Å². The summed E-state index contributed by atoms with van der Waals surface area (Å²) in [5.74, 6) is 1.40. The Kier molecular flexibility index (Phi) is 4.88. The summed E-state index contributed by atoms with van der Waals surface area (Å²) in [6.07, 6.45) is 1.67. The van der Waals surface area contributed by atoms with E-state index in [2.05, 4.69) is 55.9 Å². The van der Waals surface area contributed by atoms with Gasteiger partial charge in [-0.15, -0.1) is 0 Å². The molecule has 0 saturated carbocycles. The second kappa shape index (κ2) is 6.44. The van der Waals surface area contributed by atoms with Crippen molar-refractivity contribution in [2.45, 2.75) is 12.8 Å². The summed E-state index contributed by atoms with van der Waals surface area (Å²) in [5.41, 5.74) is 2.33. The summed E-state index contributed by atoms with van der Waals surface area (Å²) < 4.78 is 0. The summed E-state index contributed by atoms with van der Waals surface area (Å²) in [7, 11) is 4.16. The van der Waals surface area contributed by atoms with Crippen LogP contribution in [0.4, 0.5) is 5.69 Å². The quantitative estimate of drug-likeness (QED) is 0.834. The fourth-order valence-electron chi connectivity index (χ4n) is 2.35. The number of thiol groups is 1. The zero-order chi connectivity index (χ0) is 13.8. The third-order valence-electron chi connectivity index (χ3n) is 3.56. The number of hydrogen-bond donors (Lipinski definition) is 1. The Bertz CT molecular complexity index is 430. The van der Waals surface area contributed by atoms with E-state index in [-0.39, 0.29) is 5.91 Å². The number of amides is 1. The van der Waals surface area contributed by atoms with Gasteiger partial charge in [0.15, 0.2) is 0 Å². The van der Waals surface area contributed by atoms with Gasteiger partial charge in [-0.1, -0.05) is 12.1 Å². The molecule has 1 aliphatic rings. The topological polar surface area (TPSA) is 23.6 Å². The van der Waals surface area contributed by atoms with E-state index in [9.17, 15) is 4.79 Å². The molecule has 0 aliphatic carbocycles. The van der Waals surface area contributed by atoms with Gasteiger partial charge in [0.25, 0.3) is 0 Å². The van der Waals surface area contributed by atoms with Crippen LogP contribution < -0.4 is 4.90 Å². The van der Waals surface area contributed by atoms with Gasteiger partial charge in [0, 0.05) is 25.2 Å². The molecule has 4 heteroatoms.